The minimum Gasteiger partial charge on any atom is -0.496 e. The zero-order valence-electron chi connectivity index (χ0n) is 8.13. The summed E-state index contributed by atoms with van der Waals surface area (Å²) >= 11 is 4.31. The van der Waals surface area contributed by atoms with E-state index in [2.05, 4.69) is 19.6 Å². The van der Waals surface area contributed by atoms with Crippen LogP contribution in [0.5, 0.6) is 11.5 Å². The van der Waals surface area contributed by atoms with Crippen LogP contribution in [0.1, 0.15) is 12.5 Å². The Morgan fingerprint density at radius 3 is 2.38 bits per heavy atom. The van der Waals surface area contributed by atoms with Gasteiger partial charge in [0.25, 0.3) is 0 Å². The maximum atomic E-state index is 5.25. The van der Waals surface area contributed by atoms with Gasteiger partial charge in [0, 0.05) is 10.5 Å². The number of rotatable bonds is 3. The van der Waals surface area contributed by atoms with Crippen LogP contribution in [0.2, 0.25) is 0 Å². The lowest BCUT2D eigenvalue weighted by Crippen LogP contribution is -1.96. The molecule has 0 aliphatic rings. The van der Waals surface area contributed by atoms with Crippen molar-refractivity contribution in [3.63, 3.8) is 0 Å². The molecular weight excluding hydrogens is 184 g/mol. The fourth-order valence-electron chi connectivity index (χ4n) is 1.35. The molecule has 0 atom stereocenters. The van der Waals surface area contributed by atoms with Gasteiger partial charge in [0.15, 0.2) is 0 Å². The van der Waals surface area contributed by atoms with E-state index in [9.17, 15) is 0 Å². The largest absolute Gasteiger partial charge is 0.496 e. The summed E-state index contributed by atoms with van der Waals surface area (Å²) < 4.78 is 10.5. The van der Waals surface area contributed by atoms with Crippen LogP contribution < -0.4 is 9.47 Å². The Hall–Kier alpha value is -0.830. The molecule has 0 saturated heterocycles. The third kappa shape index (κ3) is 1.91. The minimum absolute atomic E-state index is 0.810. The molecule has 0 aromatic heterocycles. The fraction of sp³-hybridized carbons (Fsp3) is 0.400. The van der Waals surface area contributed by atoms with Crippen LogP contribution in [0.15, 0.2) is 17.0 Å². The molecule has 0 heterocycles. The number of benzene rings is 1. The third-order valence-electron chi connectivity index (χ3n) is 1.97. The summed E-state index contributed by atoms with van der Waals surface area (Å²) in [6.45, 7) is 2.06. The summed E-state index contributed by atoms with van der Waals surface area (Å²) in [5, 5.41) is 0. The third-order valence-corrected chi connectivity index (χ3v) is 2.33. The molecule has 0 N–H and O–H groups in total. The smallest absolute Gasteiger partial charge is 0.139 e. The van der Waals surface area contributed by atoms with E-state index < -0.39 is 0 Å². The molecule has 0 spiro atoms. The molecule has 0 saturated carbocycles. The summed E-state index contributed by atoms with van der Waals surface area (Å²) in [6.07, 6.45) is 0.876. The number of hydrogen-bond donors (Lipinski definition) is 1. The maximum absolute atomic E-state index is 5.25. The van der Waals surface area contributed by atoms with E-state index in [0.29, 0.717) is 0 Å². The van der Waals surface area contributed by atoms with E-state index in [1.54, 1.807) is 14.2 Å². The van der Waals surface area contributed by atoms with Gasteiger partial charge >= 0.3 is 0 Å². The molecule has 0 aliphatic heterocycles. The molecule has 1 aromatic rings. The van der Waals surface area contributed by atoms with Gasteiger partial charge in [0.1, 0.15) is 11.5 Å². The Morgan fingerprint density at radius 1 is 1.23 bits per heavy atom. The van der Waals surface area contributed by atoms with Crippen molar-refractivity contribution in [3.8, 4) is 11.5 Å². The first-order valence-corrected chi connectivity index (χ1v) is 4.62. The highest BCUT2D eigenvalue weighted by Gasteiger charge is 2.10. The predicted octanol–water partition coefficient (Wildman–Crippen LogP) is 2.55. The molecule has 0 unspecified atom stereocenters. The van der Waals surface area contributed by atoms with Gasteiger partial charge in [-0.25, -0.2) is 0 Å². The van der Waals surface area contributed by atoms with Gasteiger partial charge in [-0.2, -0.15) is 0 Å². The van der Waals surface area contributed by atoms with E-state index in [1.807, 2.05) is 12.1 Å². The van der Waals surface area contributed by atoms with Crippen LogP contribution in [-0.4, -0.2) is 14.2 Å². The predicted molar refractivity (Wildman–Crippen MR) is 56.2 cm³/mol. The lowest BCUT2D eigenvalue weighted by molar-refractivity contribution is 0.379. The molecule has 3 heteroatoms. The molecule has 1 rings (SSSR count). The van der Waals surface area contributed by atoms with E-state index in [0.717, 1.165) is 28.4 Å². The minimum atomic E-state index is 0.810. The van der Waals surface area contributed by atoms with Crippen molar-refractivity contribution >= 4 is 12.6 Å². The van der Waals surface area contributed by atoms with E-state index in [1.165, 1.54) is 0 Å². The summed E-state index contributed by atoms with van der Waals surface area (Å²) in [5.41, 5.74) is 1.07. The van der Waals surface area contributed by atoms with Crippen molar-refractivity contribution in [2.75, 3.05) is 14.2 Å². The molecular formula is C10H14O2S. The second-order valence-corrected chi connectivity index (χ2v) is 3.13. The lowest BCUT2D eigenvalue weighted by atomic mass is 10.1. The van der Waals surface area contributed by atoms with Gasteiger partial charge in [-0.05, 0) is 18.6 Å². The Bertz CT molecular complexity index is 297. The molecule has 13 heavy (non-hydrogen) atoms. The lowest BCUT2D eigenvalue weighted by Gasteiger charge is -2.13. The van der Waals surface area contributed by atoms with Gasteiger partial charge in [-0.1, -0.05) is 6.92 Å². The van der Waals surface area contributed by atoms with Crippen molar-refractivity contribution in [2.24, 2.45) is 0 Å². The first-order chi connectivity index (χ1) is 6.24. The van der Waals surface area contributed by atoms with E-state index in [4.69, 9.17) is 9.47 Å². The van der Waals surface area contributed by atoms with Crippen molar-refractivity contribution in [1.29, 1.82) is 0 Å². The van der Waals surface area contributed by atoms with Crippen LogP contribution in [0.3, 0.4) is 0 Å². The van der Waals surface area contributed by atoms with Crippen molar-refractivity contribution in [2.45, 2.75) is 18.2 Å². The summed E-state index contributed by atoms with van der Waals surface area (Å²) in [4.78, 5) is 0.847. The second-order valence-electron chi connectivity index (χ2n) is 2.65. The quantitative estimate of drug-likeness (QED) is 0.752. The fourth-order valence-corrected chi connectivity index (χ4v) is 1.65. The Morgan fingerprint density at radius 2 is 1.92 bits per heavy atom. The standard InChI is InChI=1S/C10H14O2S/c1-4-7-8(11-2)5-6-9(13)10(7)12-3/h5-6,13H,4H2,1-3H3. The zero-order valence-corrected chi connectivity index (χ0v) is 9.02. The molecule has 0 amide bonds. The molecule has 1 aromatic carbocycles. The molecule has 0 radical (unpaired) electrons. The highest BCUT2D eigenvalue weighted by molar-refractivity contribution is 7.80. The number of thiol groups is 1. The maximum Gasteiger partial charge on any atom is 0.139 e. The summed E-state index contributed by atoms with van der Waals surface area (Å²) in [6, 6.07) is 3.78. The second kappa shape index (κ2) is 4.42. The number of methoxy groups -OCH3 is 2. The van der Waals surface area contributed by atoms with Gasteiger partial charge in [0.05, 0.1) is 14.2 Å². The number of ether oxygens (including phenoxy) is 2. The van der Waals surface area contributed by atoms with E-state index >= 15 is 0 Å². The highest BCUT2D eigenvalue weighted by atomic mass is 32.1. The first-order valence-electron chi connectivity index (χ1n) is 4.17. The monoisotopic (exact) mass is 198 g/mol. The van der Waals surface area contributed by atoms with Crippen LogP contribution in [0.4, 0.5) is 0 Å². The average molecular weight is 198 g/mol. The number of hydrogen-bond acceptors (Lipinski definition) is 3. The Labute approximate surface area is 84.3 Å². The SMILES string of the molecule is CCc1c(OC)ccc(S)c1OC. The van der Waals surface area contributed by atoms with Gasteiger partial charge in [0.2, 0.25) is 0 Å². The first kappa shape index (κ1) is 10.3. The molecule has 0 fully saturated rings. The molecule has 72 valence electrons. The average Bonchev–Trinajstić information content (AvgIpc) is 2.17. The highest BCUT2D eigenvalue weighted by Crippen LogP contribution is 2.34. The normalized spacial score (nSPS) is 9.85. The van der Waals surface area contributed by atoms with Crippen LogP contribution in [-0.2, 0) is 6.42 Å². The van der Waals surface area contributed by atoms with Crippen molar-refractivity contribution in [3.05, 3.63) is 17.7 Å². The van der Waals surface area contributed by atoms with Crippen molar-refractivity contribution < 1.29 is 9.47 Å². The molecule has 0 aliphatic carbocycles. The van der Waals surface area contributed by atoms with Gasteiger partial charge in [-0.15, -0.1) is 12.6 Å². The zero-order chi connectivity index (χ0) is 9.84. The summed E-state index contributed by atoms with van der Waals surface area (Å²) in [5.74, 6) is 1.67. The molecule has 0 bridgehead atoms. The van der Waals surface area contributed by atoms with Crippen molar-refractivity contribution in [1.82, 2.24) is 0 Å². The molecule has 2 nitrogen and oxygen atoms in total. The van der Waals surface area contributed by atoms with Crippen LogP contribution >= 0.6 is 12.6 Å². The van der Waals surface area contributed by atoms with Gasteiger partial charge < -0.3 is 9.47 Å². The topological polar surface area (TPSA) is 18.5 Å². The Balaban J connectivity index is 3.27. The van der Waals surface area contributed by atoms with Gasteiger partial charge in [-0.3, -0.25) is 0 Å². The van der Waals surface area contributed by atoms with E-state index in [-0.39, 0.29) is 0 Å². The van der Waals surface area contributed by atoms with Crippen LogP contribution in [0.25, 0.3) is 0 Å². The Kier molecular flexibility index (Phi) is 3.48. The summed E-state index contributed by atoms with van der Waals surface area (Å²) in [7, 11) is 3.31. The van der Waals surface area contributed by atoms with Crippen LogP contribution in [0, 0.1) is 0 Å².